The Labute approximate surface area is 132 Å². The lowest BCUT2D eigenvalue weighted by Gasteiger charge is -2.34. The van der Waals surface area contributed by atoms with Crippen LogP contribution in [0.4, 0.5) is 0 Å². The first-order valence-corrected chi connectivity index (χ1v) is 8.21. The van der Waals surface area contributed by atoms with Crippen molar-refractivity contribution in [2.24, 2.45) is 0 Å². The van der Waals surface area contributed by atoms with Crippen molar-refractivity contribution in [2.75, 3.05) is 19.6 Å². The number of rotatable bonds is 6. The molecular formula is C18H25N3O. The highest BCUT2D eigenvalue weighted by Gasteiger charge is 2.23. The van der Waals surface area contributed by atoms with E-state index >= 15 is 0 Å². The number of aliphatic hydroxyl groups excluding tert-OH is 1. The van der Waals surface area contributed by atoms with Crippen LogP contribution in [0.15, 0.2) is 43.2 Å². The van der Waals surface area contributed by atoms with Crippen LogP contribution in [0, 0.1) is 0 Å². The molecular weight excluding hydrogens is 274 g/mol. The molecule has 1 aliphatic heterocycles. The largest absolute Gasteiger partial charge is 0.392 e. The van der Waals surface area contributed by atoms with Crippen LogP contribution < -0.4 is 0 Å². The van der Waals surface area contributed by atoms with Gasteiger partial charge in [0.05, 0.1) is 23.5 Å². The zero-order valence-corrected chi connectivity index (χ0v) is 13.1. The molecule has 1 fully saturated rings. The molecule has 0 spiro atoms. The van der Waals surface area contributed by atoms with Gasteiger partial charge in [-0.1, -0.05) is 18.2 Å². The van der Waals surface area contributed by atoms with Gasteiger partial charge in [-0.3, -0.25) is 4.90 Å². The fourth-order valence-electron chi connectivity index (χ4n) is 3.39. The molecule has 22 heavy (non-hydrogen) atoms. The van der Waals surface area contributed by atoms with E-state index in [2.05, 4.69) is 39.2 Å². The number of hydrogen-bond donors (Lipinski definition) is 1. The SMILES string of the molecule is C=CCC[C@H](O)CN1CCC[C@H](n2cnc3ccccc32)C1. The van der Waals surface area contributed by atoms with Crippen LogP contribution in [0.25, 0.3) is 11.0 Å². The summed E-state index contributed by atoms with van der Waals surface area (Å²) in [7, 11) is 0. The lowest BCUT2D eigenvalue weighted by atomic mass is 10.0. The fraction of sp³-hybridized carbons (Fsp3) is 0.500. The summed E-state index contributed by atoms with van der Waals surface area (Å²) in [5, 5.41) is 10.1. The predicted molar refractivity (Wildman–Crippen MR) is 89.9 cm³/mol. The van der Waals surface area contributed by atoms with Gasteiger partial charge in [-0.25, -0.2) is 4.98 Å². The Morgan fingerprint density at radius 2 is 2.27 bits per heavy atom. The first-order valence-electron chi connectivity index (χ1n) is 8.21. The van der Waals surface area contributed by atoms with Crippen LogP contribution in [0.2, 0.25) is 0 Å². The molecule has 0 aliphatic carbocycles. The Morgan fingerprint density at radius 3 is 3.14 bits per heavy atom. The van der Waals surface area contributed by atoms with Crippen molar-refractivity contribution in [1.29, 1.82) is 0 Å². The van der Waals surface area contributed by atoms with Crippen LogP contribution in [0.3, 0.4) is 0 Å². The summed E-state index contributed by atoms with van der Waals surface area (Å²) in [5.74, 6) is 0. The number of aromatic nitrogens is 2. The minimum absolute atomic E-state index is 0.253. The molecule has 0 amide bonds. The fourth-order valence-corrected chi connectivity index (χ4v) is 3.39. The smallest absolute Gasteiger partial charge is 0.0961 e. The van der Waals surface area contributed by atoms with Crippen LogP contribution in [0.1, 0.15) is 31.7 Å². The quantitative estimate of drug-likeness (QED) is 0.834. The van der Waals surface area contributed by atoms with Gasteiger partial charge in [-0.05, 0) is 44.4 Å². The predicted octanol–water partition coefficient (Wildman–Crippen LogP) is 3.00. The van der Waals surface area contributed by atoms with E-state index in [1.54, 1.807) is 0 Å². The molecule has 4 heteroatoms. The maximum absolute atomic E-state index is 10.1. The number of hydrogen-bond acceptors (Lipinski definition) is 3. The monoisotopic (exact) mass is 299 g/mol. The van der Waals surface area contributed by atoms with Gasteiger partial charge in [-0.2, -0.15) is 0 Å². The topological polar surface area (TPSA) is 41.3 Å². The highest BCUT2D eigenvalue weighted by atomic mass is 16.3. The van der Waals surface area contributed by atoms with Crippen LogP contribution in [-0.4, -0.2) is 45.3 Å². The number of allylic oxidation sites excluding steroid dienone is 1. The minimum Gasteiger partial charge on any atom is -0.392 e. The number of nitrogens with zero attached hydrogens (tertiary/aromatic N) is 3. The van der Waals surface area contributed by atoms with Crippen molar-refractivity contribution in [3.8, 4) is 0 Å². The van der Waals surface area contributed by atoms with E-state index in [1.807, 2.05) is 18.5 Å². The maximum Gasteiger partial charge on any atom is 0.0961 e. The molecule has 1 aliphatic rings. The molecule has 0 radical (unpaired) electrons. The third kappa shape index (κ3) is 3.39. The van der Waals surface area contributed by atoms with E-state index in [-0.39, 0.29) is 6.10 Å². The van der Waals surface area contributed by atoms with Gasteiger partial charge >= 0.3 is 0 Å². The Hall–Kier alpha value is -1.65. The van der Waals surface area contributed by atoms with Crippen LogP contribution >= 0.6 is 0 Å². The zero-order valence-electron chi connectivity index (χ0n) is 13.1. The lowest BCUT2D eigenvalue weighted by molar-refractivity contribution is 0.0822. The summed E-state index contributed by atoms with van der Waals surface area (Å²) < 4.78 is 2.30. The summed E-state index contributed by atoms with van der Waals surface area (Å²) in [4.78, 5) is 6.89. The average molecular weight is 299 g/mol. The summed E-state index contributed by atoms with van der Waals surface area (Å²) >= 11 is 0. The molecule has 2 aromatic rings. The van der Waals surface area contributed by atoms with Gasteiger partial charge in [0.25, 0.3) is 0 Å². The van der Waals surface area contributed by atoms with Gasteiger partial charge in [0.15, 0.2) is 0 Å². The van der Waals surface area contributed by atoms with Crippen LogP contribution in [0.5, 0.6) is 0 Å². The molecule has 0 saturated carbocycles. The second-order valence-electron chi connectivity index (χ2n) is 6.22. The van der Waals surface area contributed by atoms with Crippen molar-refractivity contribution in [3.05, 3.63) is 43.2 Å². The van der Waals surface area contributed by atoms with Gasteiger partial charge in [0.2, 0.25) is 0 Å². The maximum atomic E-state index is 10.1. The molecule has 1 saturated heterocycles. The number of benzene rings is 1. The zero-order chi connectivity index (χ0) is 15.4. The highest BCUT2D eigenvalue weighted by Crippen LogP contribution is 2.25. The summed E-state index contributed by atoms with van der Waals surface area (Å²) in [6.07, 6.45) is 7.62. The lowest BCUT2D eigenvalue weighted by Crippen LogP contribution is -2.40. The minimum atomic E-state index is -0.253. The molecule has 118 valence electrons. The third-order valence-corrected chi connectivity index (χ3v) is 4.53. The average Bonchev–Trinajstić information content (AvgIpc) is 2.97. The molecule has 1 aromatic heterocycles. The van der Waals surface area contributed by atoms with Crippen molar-refractivity contribution >= 4 is 11.0 Å². The standard InChI is InChI=1S/C18H25N3O/c1-2-3-8-16(22)13-20-11-6-7-15(12-20)21-14-19-17-9-4-5-10-18(17)21/h2,4-5,9-10,14-16,22H,1,3,6-8,11-13H2/t15-,16-/m0/s1. The van der Waals surface area contributed by atoms with Gasteiger partial charge in [0.1, 0.15) is 0 Å². The number of piperidine rings is 1. The normalized spacial score (nSPS) is 21.0. The van der Waals surface area contributed by atoms with Crippen molar-refractivity contribution in [1.82, 2.24) is 14.5 Å². The van der Waals surface area contributed by atoms with E-state index in [0.29, 0.717) is 6.04 Å². The Bertz CT molecular complexity index is 622. The number of aliphatic hydroxyl groups is 1. The molecule has 1 aromatic carbocycles. The Balaban J connectivity index is 1.66. The van der Waals surface area contributed by atoms with E-state index in [0.717, 1.165) is 38.0 Å². The van der Waals surface area contributed by atoms with Gasteiger partial charge < -0.3 is 9.67 Å². The first-order chi connectivity index (χ1) is 10.8. The molecule has 0 bridgehead atoms. The third-order valence-electron chi connectivity index (χ3n) is 4.53. The number of imidazole rings is 1. The van der Waals surface area contributed by atoms with Gasteiger partial charge in [0, 0.05) is 19.1 Å². The number of para-hydroxylation sites is 2. The Kier molecular flexibility index (Phi) is 4.90. The Morgan fingerprint density at radius 1 is 1.41 bits per heavy atom. The van der Waals surface area contributed by atoms with Crippen molar-refractivity contribution in [3.63, 3.8) is 0 Å². The first kappa shape index (κ1) is 15.3. The molecule has 3 rings (SSSR count). The second-order valence-corrected chi connectivity index (χ2v) is 6.22. The molecule has 1 N–H and O–H groups in total. The molecule has 4 nitrogen and oxygen atoms in total. The number of fused-ring (bicyclic) bond motifs is 1. The second kappa shape index (κ2) is 7.07. The summed E-state index contributed by atoms with van der Waals surface area (Å²) in [6.45, 7) is 6.55. The van der Waals surface area contributed by atoms with E-state index in [1.165, 1.54) is 18.4 Å². The van der Waals surface area contributed by atoms with E-state index < -0.39 is 0 Å². The number of β-amino-alcohol motifs (C(OH)–C–C–N with tert-alkyl or cyclic N) is 1. The number of likely N-dealkylation sites (tertiary alicyclic amines) is 1. The summed E-state index contributed by atoms with van der Waals surface area (Å²) in [6, 6.07) is 8.75. The highest BCUT2D eigenvalue weighted by molar-refractivity contribution is 5.75. The van der Waals surface area contributed by atoms with Crippen LogP contribution in [-0.2, 0) is 0 Å². The van der Waals surface area contributed by atoms with Crippen molar-refractivity contribution in [2.45, 2.75) is 37.8 Å². The van der Waals surface area contributed by atoms with Crippen molar-refractivity contribution < 1.29 is 5.11 Å². The summed E-state index contributed by atoms with van der Waals surface area (Å²) in [5.41, 5.74) is 2.27. The molecule has 2 atom stereocenters. The van der Waals surface area contributed by atoms with E-state index in [9.17, 15) is 5.11 Å². The molecule has 2 heterocycles. The van der Waals surface area contributed by atoms with E-state index in [4.69, 9.17) is 0 Å². The molecule has 0 unspecified atom stereocenters. The van der Waals surface area contributed by atoms with Gasteiger partial charge in [-0.15, -0.1) is 6.58 Å².